The fraction of sp³-hybridized carbons (Fsp3) is 0.238. The highest BCUT2D eigenvalue weighted by Crippen LogP contribution is 2.29. The van der Waals surface area contributed by atoms with E-state index < -0.39 is 5.97 Å². The molecule has 7 nitrogen and oxygen atoms in total. The van der Waals surface area contributed by atoms with Crippen LogP contribution in [0.4, 0.5) is 0 Å². The standard InChI is InChI=1S/C21H21NO6/c1-3-26-20-13-15(12-16(14-22)21(23)24)4-9-19(20)28-11-10-27-18-7-5-17(25-2)6-8-18/h4-9,12-13H,3,10-11H2,1-2H3,(H,23,24). The average Bonchev–Trinajstić information content (AvgIpc) is 2.71. The molecule has 0 aliphatic carbocycles. The predicted octanol–water partition coefficient (Wildman–Crippen LogP) is 3.54. The Hall–Kier alpha value is -3.66. The van der Waals surface area contributed by atoms with Gasteiger partial charge in [0.05, 0.1) is 13.7 Å². The van der Waals surface area contributed by atoms with E-state index in [0.717, 1.165) is 5.75 Å². The Morgan fingerprint density at radius 3 is 2.32 bits per heavy atom. The molecule has 0 aliphatic rings. The number of methoxy groups -OCH3 is 1. The molecule has 0 aliphatic heterocycles. The lowest BCUT2D eigenvalue weighted by molar-refractivity contribution is -0.132. The Balaban J connectivity index is 2.00. The molecule has 146 valence electrons. The molecule has 7 heteroatoms. The molecular formula is C21H21NO6. The lowest BCUT2D eigenvalue weighted by atomic mass is 10.1. The molecular weight excluding hydrogens is 362 g/mol. The summed E-state index contributed by atoms with van der Waals surface area (Å²) < 4.78 is 22.0. The summed E-state index contributed by atoms with van der Waals surface area (Å²) >= 11 is 0. The summed E-state index contributed by atoms with van der Waals surface area (Å²) in [6, 6.07) is 13.8. The van der Waals surface area contributed by atoms with Crippen LogP contribution < -0.4 is 18.9 Å². The summed E-state index contributed by atoms with van der Waals surface area (Å²) in [5.74, 6) is 1.14. The van der Waals surface area contributed by atoms with E-state index in [1.54, 1.807) is 43.5 Å². The molecule has 2 rings (SSSR count). The molecule has 1 N–H and O–H groups in total. The number of nitriles is 1. The molecule has 0 bridgehead atoms. The molecule has 0 atom stereocenters. The Labute approximate surface area is 163 Å². The molecule has 2 aromatic carbocycles. The fourth-order valence-electron chi connectivity index (χ4n) is 2.29. The van der Waals surface area contributed by atoms with Crippen molar-refractivity contribution in [3.8, 4) is 29.1 Å². The second-order valence-corrected chi connectivity index (χ2v) is 5.49. The summed E-state index contributed by atoms with van der Waals surface area (Å²) in [6.07, 6.45) is 1.28. The summed E-state index contributed by atoms with van der Waals surface area (Å²) in [6.45, 7) is 2.87. The Morgan fingerprint density at radius 1 is 1.04 bits per heavy atom. The second kappa shape index (κ2) is 10.5. The molecule has 0 heterocycles. The van der Waals surface area contributed by atoms with Crippen LogP contribution in [0.25, 0.3) is 6.08 Å². The van der Waals surface area contributed by atoms with Gasteiger partial charge in [0.1, 0.15) is 36.4 Å². The molecule has 0 saturated carbocycles. The zero-order chi connectivity index (χ0) is 20.4. The van der Waals surface area contributed by atoms with Crippen molar-refractivity contribution in [2.45, 2.75) is 6.92 Å². The summed E-state index contributed by atoms with van der Waals surface area (Å²) in [7, 11) is 1.60. The van der Waals surface area contributed by atoms with E-state index in [2.05, 4.69) is 0 Å². The minimum absolute atomic E-state index is 0.292. The Kier molecular flexibility index (Phi) is 7.73. The number of carbonyl (C=O) groups is 1. The third kappa shape index (κ3) is 5.95. The third-order valence-electron chi connectivity index (χ3n) is 3.60. The zero-order valence-electron chi connectivity index (χ0n) is 15.7. The van der Waals surface area contributed by atoms with Crippen LogP contribution in [0, 0.1) is 11.3 Å². The second-order valence-electron chi connectivity index (χ2n) is 5.49. The van der Waals surface area contributed by atoms with E-state index in [0.29, 0.717) is 42.6 Å². The first-order valence-corrected chi connectivity index (χ1v) is 8.59. The van der Waals surface area contributed by atoms with Gasteiger partial charge in [-0.3, -0.25) is 0 Å². The van der Waals surface area contributed by atoms with Gasteiger partial charge < -0.3 is 24.1 Å². The molecule has 0 saturated heterocycles. The highest BCUT2D eigenvalue weighted by molar-refractivity contribution is 5.96. The van der Waals surface area contributed by atoms with Crippen molar-refractivity contribution in [2.75, 3.05) is 26.9 Å². The van der Waals surface area contributed by atoms with Crippen molar-refractivity contribution in [1.29, 1.82) is 5.26 Å². The van der Waals surface area contributed by atoms with Crippen molar-refractivity contribution in [3.63, 3.8) is 0 Å². The fourth-order valence-corrected chi connectivity index (χ4v) is 2.29. The third-order valence-corrected chi connectivity index (χ3v) is 3.60. The van der Waals surface area contributed by atoms with E-state index in [9.17, 15) is 4.79 Å². The molecule has 28 heavy (non-hydrogen) atoms. The van der Waals surface area contributed by atoms with Gasteiger partial charge in [0.15, 0.2) is 11.5 Å². The monoisotopic (exact) mass is 383 g/mol. The number of nitrogens with zero attached hydrogens (tertiary/aromatic N) is 1. The lowest BCUT2D eigenvalue weighted by Crippen LogP contribution is -2.10. The van der Waals surface area contributed by atoms with E-state index >= 15 is 0 Å². The first-order valence-electron chi connectivity index (χ1n) is 8.59. The van der Waals surface area contributed by atoms with Gasteiger partial charge in [-0.25, -0.2) is 4.79 Å². The summed E-state index contributed by atoms with van der Waals surface area (Å²) in [5, 5.41) is 17.8. The first kappa shape index (κ1) is 20.6. The van der Waals surface area contributed by atoms with Gasteiger partial charge >= 0.3 is 5.97 Å². The highest BCUT2D eigenvalue weighted by Gasteiger charge is 2.09. The number of rotatable bonds is 10. The SMILES string of the molecule is CCOc1cc(C=C(C#N)C(=O)O)ccc1OCCOc1ccc(OC)cc1. The number of ether oxygens (including phenoxy) is 4. The highest BCUT2D eigenvalue weighted by atomic mass is 16.5. The number of carboxylic acid groups (broad SMARTS) is 1. The average molecular weight is 383 g/mol. The number of benzene rings is 2. The van der Waals surface area contributed by atoms with Crippen molar-refractivity contribution < 1.29 is 28.8 Å². The first-order chi connectivity index (χ1) is 13.6. The largest absolute Gasteiger partial charge is 0.497 e. The van der Waals surface area contributed by atoms with Crippen molar-refractivity contribution in [2.24, 2.45) is 0 Å². The van der Waals surface area contributed by atoms with Gasteiger partial charge in [-0.1, -0.05) is 6.07 Å². The number of aliphatic carboxylic acids is 1. The van der Waals surface area contributed by atoms with Crippen LogP contribution in [-0.4, -0.2) is 38.0 Å². The quantitative estimate of drug-likeness (QED) is 0.381. The summed E-state index contributed by atoms with van der Waals surface area (Å²) in [4.78, 5) is 11.0. The van der Waals surface area contributed by atoms with Gasteiger partial charge in [0, 0.05) is 0 Å². The molecule has 0 radical (unpaired) electrons. The van der Waals surface area contributed by atoms with E-state index in [-0.39, 0.29) is 5.57 Å². The normalized spacial score (nSPS) is 10.7. The molecule has 2 aromatic rings. The van der Waals surface area contributed by atoms with Gasteiger partial charge in [-0.2, -0.15) is 5.26 Å². The topological polar surface area (TPSA) is 98.0 Å². The van der Waals surface area contributed by atoms with E-state index in [1.165, 1.54) is 6.08 Å². The number of hydrogen-bond donors (Lipinski definition) is 1. The van der Waals surface area contributed by atoms with Crippen LogP contribution in [0.5, 0.6) is 23.0 Å². The zero-order valence-corrected chi connectivity index (χ0v) is 15.7. The van der Waals surface area contributed by atoms with E-state index in [1.807, 2.05) is 19.1 Å². The predicted molar refractivity (Wildman–Crippen MR) is 103 cm³/mol. The van der Waals surface area contributed by atoms with Crippen molar-refractivity contribution in [3.05, 3.63) is 53.6 Å². The van der Waals surface area contributed by atoms with Crippen molar-refractivity contribution in [1.82, 2.24) is 0 Å². The van der Waals surface area contributed by atoms with Crippen LogP contribution in [-0.2, 0) is 4.79 Å². The maximum atomic E-state index is 11.0. The maximum absolute atomic E-state index is 11.0. The lowest BCUT2D eigenvalue weighted by Gasteiger charge is -2.13. The Bertz CT molecular complexity index is 867. The number of hydrogen-bond acceptors (Lipinski definition) is 6. The maximum Gasteiger partial charge on any atom is 0.346 e. The van der Waals surface area contributed by atoms with Crippen molar-refractivity contribution >= 4 is 12.0 Å². The number of carboxylic acids is 1. The van der Waals surface area contributed by atoms with Crippen LogP contribution in [0.15, 0.2) is 48.0 Å². The smallest absolute Gasteiger partial charge is 0.346 e. The molecule has 0 aromatic heterocycles. The molecule has 0 amide bonds. The van der Waals surface area contributed by atoms with Crippen LogP contribution >= 0.6 is 0 Å². The molecule has 0 fully saturated rings. The van der Waals surface area contributed by atoms with Crippen LogP contribution in [0.3, 0.4) is 0 Å². The minimum Gasteiger partial charge on any atom is -0.497 e. The van der Waals surface area contributed by atoms with Gasteiger partial charge in [-0.05, 0) is 55.0 Å². The van der Waals surface area contributed by atoms with Gasteiger partial charge in [-0.15, -0.1) is 0 Å². The molecule has 0 unspecified atom stereocenters. The van der Waals surface area contributed by atoms with Gasteiger partial charge in [0.2, 0.25) is 0 Å². The Morgan fingerprint density at radius 2 is 1.71 bits per heavy atom. The van der Waals surface area contributed by atoms with E-state index in [4.69, 9.17) is 29.3 Å². The van der Waals surface area contributed by atoms with Gasteiger partial charge in [0.25, 0.3) is 0 Å². The van der Waals surface area contributed by atoms with Crippen LogP contribution in [0.1, 0.15) is 12.5 Å². The minimum atomic E-state index is -1.28. The summed E-state index contributed by atoms with van der Waals surface area (Å²) in [5.41, 5.74) is 0.174. The molecule has 0 spiro atoms. The van der Waals surface area contributed by atoms with Crippen LogP contribution in [0.2, 0.25) is 0 Å².